The van der Waals surface area contributed by atoms with E-state index < -0.39 is 0 Å². The molecule has 86 valence electrons. The van der Waals surface area contributed by atoms with Crippen molar-refractivity contribution in [2.24, 2.45) is 0 Å². The molecule has 0 N–H and O–H groups in total. The fourth-order valence-electron chi connectivity index (χ4n) is 2.16. The number of hydrogen-bond acceptors (Lipinski definition) is 2. The van der Waals surface area contributed by atoms with Crippen LogP contribution in [0.1, 0.15) is 18.6 Å². The summed E-state index contributed by atoms with van der Waals surface area (Å²) in [6, 6.07) is 10.8. The van der Waals surface area contributed by atoms with Crippen molar-refractivity contribution in [1.29, 1.82) is 0 Å². The van der Waals surface area contributed by atoms with Crippen molar-refractivity contribution in [1.82, 2.24) is 4.90 Å². The van der Waals surface area contributed by atoms with Crippen molar-refractivity contribution in [2.45, 2.75) is 25.2 Å². The van der Waals surface area contributed by atoms with E-state index in [1.807, 2.05) is 12.1 Å². The zero-order valence-electron chi connectivity index (χ0n) is 9.97. The highest BCUT2D eigenvalue weighted by Crippen LogP contribution is 2.30. The summed E-state index contributed by atoms with van der Waals surface area (Å²) >= 11 is 0. The van der Waals surface area contributed by atoms with Gasteiger partial charge in [-0.05, 0) is 19.5 Å². The normalized spacial score (nSPS) is 31.2. The summed E-state index contributed by atoms with van der Waals surface area (Å²) in [5, 5.41) is 0. The van der Waals surface area contributed by atoms with Crippen LogP contribution in [0.3, 0.4) is 0 Å². The first-order valence-electron chi connectivity index (χ1n) is 5.75. The lowest BCUT2D eigenvalue weighted by Crippen LogP contribution is -2.46. The lowest BCUT2D eigenvalue weighted by molar-refractivity contribution is -0.0902. The van der Waals surface area contributed by atoms with Gasteiger partial charge in [-0.1, -0.05) is 36.4 Å². The first-order chi connectivity index (χ1) is 7.72. The molecule has 1 aromatic rings. The molecule has 16 heavy (non-hydrogen) atoms. The summed E-state index contributed by atoms with van der Waals surface area (Å²) in [4.78, 5) is 2.33. The van der Waals surface area contributed by atoms with Crippen LogP contribution in [-0.4, -0.2) is 30.6 Å². The Morgan fingerprint density at radius 1 is 1.38 bits per heavy atom. The minimum atomic E-state index is 0.131. The van der Waals surface area contributed by atoms with E-state index in [0.29, 0.717) is 6.04 Å². The van der Waals surface area contributed by atoms with Gasteiger partial charge in [-0.25, -0.2) is 0 Å². The molecule has 1 aromatic carbocycles. The highest BCUT2D eigenvalue weighted by molar-refractivity contribution is 5.20. The van der Waals surface area contributed by atoms with Crippen LogP contribution >= 0.6 is 0 Å². The average Bonchev–Trinajstić information content (AvgIpc) is 2.33. The molecular weight excluding hydrogens is 198 g/mol. The average molecular weight is 217 g/mol. The molecule has 2 rings (SSSR count). The standard InChI is InChI=1S/C14H19NO/c1-4-13-10-15(3)11(2)14(16-13)12-8-6-5-7-9-12/h4-9,11,13-14H,1,10H2,2-3H3/t11-,13-,14-/m0/s1. The minimum Gasteiger partial charge on any atom is -0.363 e. The quantitative estimate of drug-likeness (QED) is 0.706. The number of nitrogens with zero attached hydrogens (tertiary/aromatic N) is 1. The largest absolute Gasteiger partial charge is 0.363 e. The summed E-state index contributed by atoms with van der Waals surface area (Å²) < 4.78 is 6.04. The van der Waals surface area contributed by atoms with E-state index in [4.69, 9.17) is 4.74 Å². The van der Waals surface area contributed by atoms with Crippen molar-refractivity contribution >= 4 is 0 Å². The molecule has 0 aliphatic carbocycles. The number of benzene rings is 1. The summed E-state index contributed by atoms with van der Waals surface area (Å²) in [6.45, 7) is 6.95. The van der Waals surface area contributed by atoms with Crippen molar-refractivity contribution in [3.8, 4) is 0 Å². The van der Waals surface area contributed by atoms with Crippen molar-refractivity contribution in [2.75, 3.05) is 13.6 Å². The highest BCUT2D eigenvalue weighted by atomic mass is 16.5. The zero-order valence-corrected chi connectivity index (χ0v) is 9.97. The highest BCUT2D eigenvalue weighted by Gasteiger charge is 2.31. The number of ether oxygens (including phenoxy) is 1. The van der Waals surface area contributed by atoms with Gasteiger partial charge in [-0.2, -0.15) is 0 Å². The van der Waals surface area contributed by atoms with Crippen LogP contribution in [0, 0.1) is 0 Å². The Bertz CT molecular complexity index is 349. The molecule has 0 saturated carbocycles. The van der Waals surface area contributed by atoms with Crippen molar-refractivity contribution < 1.29 is 4.74 Å². The van der Waals surface area contributed by atoms with E-state index in [0.717, 1.165) is 6.54 Å². The Labute approximate surface area is 97.5 Å². The maximum atomic E-state index is 6.04. The van der Waals surface area contributed by atoms with E-state index in [2.05, 4.69) is 49.7 Å². The molecule has 0 amide bonds. The number of rotatable bonds is 2. The van der Waals surface area contributed by atoms with E-state index in [1.165, 1.54) is 5.56 Å². The topological polar surface area (TPSA) is 12.5 Å². The first kappa shape index (κ1) is 11.4. The van der Waals surface area contributed by atoms with Gasteiger partial charge in [0.15, 0.2) is 0 Å². The second kappa shape index (κ2) is 4.81. The van der Waals surface area contributed by atoms with Crippen LogP contribution in [0.2, 0.25) is 0 Å². The molecule has 0 unspecified atom stereocenters. The minimum absolute atomic E-state index is 0.131. The molecule has 1 aliphatic heterocycles. The van der Waals surface area contributed by atoms with Crippen LogP contribution in [0.5, 0.6) is 0 Å². The third kappa shape index (κ3) is 2.18. The summed E-state index contributed by atoms with van der Waals surface area (Å²) in [6.07, 6.45) is 2.16. The fraction of sp³-hybridized carbons (Fsp3) is 0.429. The Kier molecular flexibility index (Phi) is 3.42. The van der Waals surface area contributed by atoms with Gasteiger partial charge in [0.2, 0.25) is 0 Å². The summed E-state index contributed by atoms with van der Waals surface area (Å²) in [7, 11) is 2.14. The molecule has 0 radical (unpaired) electrons. The maximum Gasteiger partial charge on any atom is 0.0985 e. The molecule has 0 aromatic heterocycles. The van der Waals surface area contributed by atoms with E-state index >= 15 is 0 Å². The third-order valence-electron chi connectivity index (χ3n) is 3.31. The van der Waals surface area contributed by atoms with Crippen molar-refractivity contribution in [3.05, 3.63) is 48.6 Å². The van der Waals surface area contributed by atoms with Crippen LogP contribution in [0.15, 0.2) is 43.0 Å². The number of hydrogen-bond donors (Lipinski definition) is 0. The molecular formula is C14H19NO. The van der Waals surface area contributed by atoms with E-state index in [-0.39, 0.29) is 12.2 Å². The lowest BCUT2D eigenvalue weighted by atomic mass is 10.00. The van der Waals surface area contributed by atoms with Gasteiger partial charge in [-0.15, -0.1) is 6.58 Å². The summed E-state index contributed by atoms with van der Waals surface area (Å²) in [5.41, 5.74) is 1.24. The van der Waals surface area contributed by atoms with Crippen LogP contribution in [-0.2, 0) is 4.74 Å². The van der Waals surface area contributed by atoms with Gasteiger partial charge < -0.3 is 4.74 Å². The Morgan fingerprint density at radius 2 is 2.06 bits per heavy atom. The molecule has 1 saturated heterocycles. The van der Waals surface area contributed by atoms with Gasteiger partial charge in [0.25, 0.3) is 0 Å². The zero-order chi connectivity index (χ0) is 11.5. The van der Waals surface area contributed by atoms with Gasteiger partial charge in [-0.3, -0.25) is 4.90 Å². The van der Waals surface area contributed by atoms with Crippen molar-refractivity contribution in [3.63, 3.8) is 0 Å². The number of likely N-dealkylation sites (N-methyl/N-ethyl adjacent to an activating group) is 1. The molecule has 1 fully saturated rings. The van der Waals surface area contributed by atoms with Crippen LogP contribution < -0.4 is 0 Å². The van der Waals surface area contributed by atoms with Gasteiger partial charge in [0, 0.05) is 12.6 Å². The Morgan fingerprint density at radius 3 is 2.69 bits per heavy atom. The van der Waals surface area contributed by atoms with E-state index in [9.17, 15) is 0 Å². The SMILES string of the molecule is C=C[C@H]1CN(C)[C@@H](C)[C@@H](c2ccccc2)O1. The Hall–Kier alpha value is -1.12. The predicted molar refractivity (Wildman–Crippen MR) is 66.3 cm³/mol. The van der Waals surface area contributed by atoms with Gasteiger partial charge in [0.05, 0.1) is 12.2 Å². The second-order valence-electron chi connectivity index (χ2n) is 4.42. The van der Waals surface area contributed by atoms with E-state index in [1.54, 1.807) is 0 Å². The first-order valence-corrected chi connectivity index (χ1v) is 5.75. The number of morpholine rings is 1. The molecule has 0 bridgehead atoms. The monoisotopic (exact) mass is 217 g/mol. The predicted octanol–water partition coefficient (Wildman–Crippen LogP) is 2.63. The fourth-order valence-corrected chi connectivity index (χ4v) is 2.16. The lowest BCUT2D eigenvalue weighted by Gasteiger charge is -2.40. The molecule has 3 atom stereocenters. The molecule has 0 spiro atoms. The van der Waals surface area contributed by atoms with Crippen LogP contribution in [0.25, 0.3) is 0 Å². The molecule has 1 heterocycles. The maximum absolute atomic E-state index is 6.04. The molecule has 2 nitrogen and oxygen atoms in total. The Balaban J connectivity index is 2.22. The smallest absolute Gasteiger partial charge is 0.0985 e. The summed E-state index contributed by atoms with van der Waals surface area (Å²) in [5.74, 6) is 0. The third-order valence-corrected chi connectivity index (χ3v) is 3.31. The molecule has 1 aliphatic rings. The van der Waals surface area contributed by atoms with Gasteiger partial charge >= 0.3 is 0 Å². The van der Waals surface area contributed by atoms with Crippen LogP contribution in [0.4, 0.5) is 0 Å². The molecule has 2 heteroatoms. The second-order valence-corrected chi connectivity index (χ2v) is 4.42. The van der Waals surface area contributed by atoms with Gasteiger partial charge in [0.1, 0.15) is 0 Å².